The highest BCUT2D eigenvalue weighted by Gasteiger charge is 2.27. The Morgan fingerprint density at radius 2 is 1.97 bits per heavy atom. The molecule has 7 heteroatoms. The molecule has 0 aliphatic carbocycles. The van der Waals surface area contributed by atoms with Crippen LogP contribution in [0.5, 0.6) is 5.75 Å². The van der Waals surface area contributed by atoms with Crippen LogP contribution < -0.4 is 10.1 Å². The van der Waals surface area contributed by atoms with Crippen LogP contribution in [0.25, 0.3) is 0 Å². The lowest BCUT2D eigenvalue weighted by Gasteiger charge is -2.40. The SMILES string of the molecule is CCc1ccc(C(C)N2CCN(C3=CN4C=C(C(=O)NC)CC(C)=C4C=N3)CC2)cc1OC. The van der Waals surface area contributed by atoms with Crippen LogP contribution in [-0.4, -0.2) is 67.2 Å². The Kier molecular flexibility index (Phi) is 6.88. The van der Waals surface area contributed by atoms with E-state index in [1.165, 1.54) is 11.1 Å². The molecule has 3 aliphatic rings. The van der Waals surface area contributed by atoms with Crippen molar-refractivity contribution in [2.75, 3.05) is 40.3 Å². The fourth-order valence-electron chi connectivity index (χ4n) is 4.77. The van der Waals surface area contributed by atoms with Crippen LogP contribution in [0.15, 0.2) is 58.3 Å². The number of benzene rings is 1. The zero-order chi connectivity index (χ0) is 23.5. The second-order valence-electron chi connectivity index (χ2n) is 8.85. The molecule has 1 fully saturated rings. The highest BCUT2D eigenvalue weighted by Crippen LogP contribution is 2.31. The maximum Gasteiger partial charge on any atom is 0.248 e. The minimum atomic E-state index is -0.0305. The molecule has 33 heavy (non-hydrogen) atoms. The zero-order valence-corrected chi connectivity index (χ0v) is 20.4. The molecular weight excluding hydrogens is 414 g/mol. The van der Waals surface area contributed by atoms with Gasteiger partial charge in [0, 0.05) is 57.5 Å². The molecule has 1 aromatic carbocycles. The van der Waals surface area contributed by atoms with Gasteiger partial charge in [0.1, 0.15) is 11.6 Å². The molecule has 176 valence electrons. The van der Waals surface area contributed by atoms with Crippen LogP contribution in [0.2, 0.25) is 0 Å². The molecule has 0 saturated carbocycles. The van der Waals surface area contributed by atoms with E-state index in [4.69, 9.17) is 9.73 Å². The molecule has 1 atom stereocenters. The Hall–Kier alpha value is -3.06. The van der Waals surface area contributed by atoms with Gasteiger partial charge in [-0.3, -0.25) is 9.69 Å². The van der Waals surface area contributed by atoms with Gasteiger partial charge in [0.05, 0.1) is 25.2 Å². The lowest BCUT2D eigenvalue weighted by Crippen LogP contribution is -2.47. The van der Waals surface area contributed by atoms with Gasteiger partial charge in [-0.1, -0.05) is 19.1 Å². The van der Waals surface area contributed by atoms with Gasteiger partial charge in [-0.05, 0) is 43.0 Å². The average Bonchev–Trinajstić information content (AvgIpc) is 2.87. The van der Waals surface area contributed by atoms with Crippen molar-refractivity contribution in [2.24, 2.45) is 4.99 Å². The molecule has 0 bridgehead atoms. The lowest BCUT2D eigenvalue weighted by molar-refractivity contribution is -0.117. The Bertz CT molecular complexity index is 1030. The monoisotopic (exact) mass is 449 g/mol. The quantitative estimate of drug-likeness (QED) is 0.721. The maximum atomic E-state index is 12.2. The molecule has 3 aliphatic heterocycles. The topological polar surface area (TPSA) is 60.4 Å². The van der Waals surface area contributed by atoms with E-state index in [1.54, 1.807) is 14.2 Å². The summed E-state index contributed by atoms with van der Waals surface area (Å²) in [5.74, 6) is 1.89. The number of allylic oxidation sites excluding steroid dienone is 2. The fraction of sp³-hybridized carbons (Fsp3) is 0.462. The second kappa shape index (κ2) is 9.83. The van der Waals surface area contributed by atoms with E-state index in [9.17, 15) is 4.79 Å². The van der Waals surface area contributed by atoms with Gasteiger partial charge < -0.3 is 19.9 Å². The number of carbonyl (C=O) groups is 1. The van der Waals surface area contributed by atoms with Crippen molar-refractivity contribution in [3.63, 3.8) is 0 Å². The number of hydrogen-bond donors (Lipinski definition) is 1. The number of ether oxygens (including phenoxy) is 1. The smallest absolute Gasteiger partial charge is 0.248 e. The summed E-state index contributed by atoms with van der Waals surface area (Å²) in [6.07, 6.45) is 7.53. The number of piperazine rings is 1. The van der Waals surface area contributed by atoms with Crippen molar-refractivity contribution in [3.05, 3.63) is 64.4 Å². The van der Waals surface area contributed by atoms with Crippen molar-refractivity contribution >= 4 is 12.1 Å². The molecule has 4 rings (SSSR count). The fourth-order valence-corrected chi connectivity index (χ4v) is 4.77. The van der Waals surface area contributed by atoms with E-state index >= 15 is 0 Å². The number of nitrogens with one attached hydrogen (secondary N) is 1. The van der Waals surface area contributed by atoms with E-state index in [0.29, 0.717) is 12.5 Å². The second-order valence-corrected chi connectivity index (χ2v) is 8.85. The number of hydrogen-bond acceptors (Lipinski definition) is 6. The lowest BCUT2D eigenvalue weighted by atomic mass is 10.0. The average molecular weight is 450 g/mol. The molecule has 0 spiro atoms. The maximum absolute atomic E-state index is 12.2. The Morgan fingerprint density at radius 3 is 2.64 bits per heavy atom. The van der Waals surface area contributed by atoms with E-state index < -0.39 is 0 Å². The first kappa shape index (κ1) is 23.1. The molecule has 1 N–H and O–H groups in total. The summed E-state index contributed by atoms with van der Waals surface area (Å²) in [6.45, 7) is 10.2. The molecule has 1 amide bonds. The summed E-state index contributed by atoms with van der Waals surface area (Å²) in [5.41, 5.74) is 5.52. The van der Waals surface area contributed by atoms with Crippen molar-refractivity contribution in [1.29, 1.82) is 0 Å². The van der Waals surface area contributed by atoms with E-state index in [1.807, 2.05) is 23.5 Å². The van der Waals surface area contributed by atoms with E-state index in [0.717, 1.165) is 61.0 Å². The van der Waals surface area contributed by atoms with Gasteiger partial charge in [0.2, 0.25) is 5.91 Å². The standard InChI is InChI=1S/C26H35N5O2/c1-6-20-7-8-21(14-24(20)33-5)19(3)29-9-11-30(12-10-29)25-17-31-16-22(26(32)27-4)13-18(2)23(31)15-28-25/h7-8,14-17,19H,6,9-13H2,1-5H3,(H,27,32). The zero-order valence-electron chi connectivity index (χ0n) is 20.4. The van der Waals surface area contributed by atoms with Crippen molar-refractivity contribution in [3.8, 4) is 5.75 Å². The van der Waals surface area contributed by atoms with Crippen molar-refractivity contribution in [2.45, 2.75) is 39.7 Å². The van der Waals surface area contributed by atoms with Gasteiger partial charge in [-0.15, -0.1) is 0 Å². The summed E-state index contributed by atoms with van der Waals surface area (Å²) >= 11 is 0. The minimum absolute atomic E-state index is 0.0305. The normalized spacial score (nSPS) is 19.7. The Labute approximate surface area is 197 Å². The number of likely N-dealkylation sites (N-methyl/N-ethyl adjacent to an activating group) is 1. The van der Waals surface area contributed by atoms with Crippen LogP contribution >= 0.6 is 0 Å². The van der Waals surface area contributed by atoms with E-state index in [-0.39, 0.29) is 5.91 Å². The van der Waals surface area contributed by atoms with Gasteiger partial charge in [-0.2, -0.15) is 0 Å². The number of rotatable bonds is 6. The van der Waals surface area contributed by atoms with Gasteiger partial charge in [0.25, 0.3) is 0 Å². The van der Waals surface area contributed by atoms with Crippen LogP contribution in [0, 0.1) is 0 Å². The third kappa shape index (κ3) is 4.69. The third-order valence-electron chi connectivity index (χ3n) is 6.92. The number of nitrogens with zero attached hydrogens (tertiary/aromatic N) is 4. The predicted molar refractivity (Wildman–Crippen MR) is 132 cm³/mol. The van der Waals surface area contributed by atoms with Crippen LogP contribution in [0.1, 0.15) is 44.4 Å². The highest BCUT2D eigenvalue weighted by molar-refractivity contribution is 5.95. The molecule has 1 unspecified atom stereocenters. The van der Waals surface area contributed by atoms with Crippen molar-refractivity contribution in [1.82, 2.24) is 20.0 Å². The van der Waals surface area contributed by atoms with Crippen molar-refractivity contribution < 1.29 is 9.53 Å². The molecule has 0 radical (unpaired) electrons. The first-order valence-corrected chi connectivity index (χ1v) is 11.8. The number of aryl methyl sites for hydroxylation is 1. The number of fused-ring (bicyclic) bond motifs is 1. The highest BCUT2D eigenvalue weighted by atomic mass is 16.5. The minimum Gasteiger partial charge on any atom is -0.496 e. The van der Waals surface area contributed by atoms with Crippen LogP contribution in [0.3, 0.4) is 0 Å². The van der Waals surface area contributed by atoms with Crippen LogP contribution in [0.4, 0.5) is 0 Å². The summed E-state index contributed by atoms with van der Waals surface area (Å²) in [5, 5.41) is 2.73. The third-order valence-corrected chi connectivity index (χ3v) is 6.92. The number of amides is 1. The number of aliphatic imine (C=N–C) groups is 1. The molecular formula is C26H35N5O2. The summed E-state index contributed by atoms with van der Waals surface area (Å²) < 4.78 is 5.60. The number of methoxy groups -OCH3 is 1. The molecule has 0 aromatic heterocycles. The first-order chi connectivity index (χ1) is 15.9. The predicted octanol–water partition coefficient (Wildman–Crippen LogP) is 3.43. The molecule has 7 nitrogen and oxygen atoms in total. The Balaban J connectivity index is 1.43. The molecule has 1 aromatic rings. The number of carbonyl (C=O) groups excluding carboxylic acids is 1. The first-order valence-electron chi connectivity index (χ1n) is 11.8. The van der Waals surface area contributed by atoms with Gasteiger partial charge in [-0.25, -0.2) is 4.99 Å². The van der Waals surface area contributed by atoms with Gasteiger partial charge in [0.15, 0.2) is 0 Å². The summed E-state index contributed by atoms with van der Waals surface area (Å²) in [7, 11) is 3.42. The summed E-state index contributed by atoms with van der Waals surface area (Å²) in [4.78, 5) is 23.8. The largest absolute Gasteiger partial charge is 0.496 e. The summed E-state index contributed by atoms with van der Waals surface area (Å²) in [6, 6.07) is 6.93. The van der Waals surface area contributed by atoms with Crippen LogP contribution in [-0.2, 0) is 11.2 Å². The molecule has 3 heterocycles. The van der Waals surface area contributed by atoms with Gasteiger partial charge >= 0.3 is 0 Å². The molecule has 1 saturated heterocycles. The van der Waals surface area contributed by atoms with E-state index in [2.05, 4.69) is 54.1 Å². The Morgan fingerprint density at radius 1 is 1.21 bits per heavy atom.